The highest BCUT2D eigenvalue weighted by atomic mass is 16.5. The molecule has 1 atom stereocenters. The molecule has 2 N–H and O–H groups in total. The van der Waals surface area contributed by atoms with E-state index in [0.717, 1.165) is 38.2 Å². The van der Waals surface area contributed by atoms with Gasteiger partial charge >= 0.3 is 0 Å². The summed E-state index contributed by atoms with van der Waals surface area (Å²) in [5.41, 5.74) is 2.63. The van der Waals surface area contributed by atoms with Crippen LogP contribution in [0.4, 0.5) is 0 Å². The van der Waals surface area contributed by atoms with Gasteiger partial charge in [-0.1, -0.05) is 26.0 Å². The molecule has 20 heavy (non-hydrogen) atoms. The molecule has 0 bridgehead atoms. The van der Waals surface area contributed by atoms with Crippen LogP contribution < -0.4 is 10.1 Å². The summed E-state index contributed by atoms with van der Waals surface area (Å²) in [4.78, 5) is 0. The van der Waals surface area contributed by atoms with Crippen LogP contribution in [0.2, 0.25) is 0 Å². The minimum atomic E-state index is 0.118. The first-order valence-electron chi connectivity index (χ1n) is 7.59. The highest BCUT2D eigenvalue weighted by Gasteiger charge is 2.23. The van der Waals surface area contributed by atoms with Gasteiger partial charge in [0.05, 0.1) is 6.61 Å². The van der Waals surface area contributed by atoms with Crippen LogP contribution >= 0.6 is 0 Å². The lowest BCUT2D eigenvalue weighted by atomic mass is 9.88. The lowest BCUT2D eigenvalue weighted by Gasteiger charge is -2.28. The molecule has 0 fully saturated rings. The number of aryl methyl sites for hydroxylation is 1. The zero-order chi connectivity index (χ0) is 14.6. The maximum absolute atomic E-state index is 9.12. The summed E-state index contributed by atoms with van der Waals surface area (Å²) in [5.74, 6) is 1.03. The van der Waals surface area contributed by atoms with Crippen molar-refractivity contribution in [3.63, 3.8) is 0 Å². The van der Waals surface area contributed by atoms with E-state index in [1.54, 1.807) is 0 Å². The second-order valence-electron chi connectivity index (χ2n) is 6.60. The van der Waals surface area contributed by atoms with Crippen LogP contribution in [0.5, 0.6) is 5.75 Å². The van der Waals surface area contributed by atoms with Crippen molar-refractivity contribution in [3.8, 4) is 5.75 Å². The van der Waals surface area contributed by atoms with Crippen molar-refractivity contribution in [3.05, 3.63) is 29.3 Å². The summed E-state index contributed by atoms with van der Waals surface area (Å²) in [6.45, 7) is 8.44. The van der Waals surface area contributed by atoms with E-state index in [1.165, 1.54) is 11.1 Å². The number of ether oxygens (including phenoxy) is 1. The molecule has 1 aromatic rings. The number of hydrogen-bond acceptors (Lipinski definition) is 3. The van der Waals surface area contributed by atoms with Crippen LogP contribution in [0.3, 0.4) is 0 Å². The Morgan fingerprint density at radius 1 is 1.40 bits per heavy atom. The van der Waals surface area contributed by atoms with Crippen molar-refractivity contribution >= 4 is 0 Å². The summed E-state index contributed by atoms with van der Waals surface area (Å²) >= 11 is 0. The fourth-order valence-electron chi connectivity index (χ4n) is 2.68. The van der Waals surface area contributed by atoms with Gasteiger partial charge in [0.15, 0.2) is 0 Å². The third-order valence-electron chi connectivity index (χ3n) is 4.05. The van der Waals surface area contributed by atoms with Crippen molar-refractivity contribution < 1.29 is 9.84 Å². The zero-order valence-corrected chi connectivity index (χ0v) is 12.9. The number of benzene rings is 1. The van der Waals surface area contributed by atoms with E-state index in [0.29, 0.717) is 6.04 Å². The molecule has 1 heterocycles. The molecule has 1 aliphatic heterocycles. The van der Waals surface area contributed by atoms with Crippen LogP contribution in [-0.2, 0) is 0 Å². The summed E-state index contributed by atoms with van der Waals surface area (Å²) in [7, 11) is 0. The van der Waals surface area contributed by atoms with Gasteiger partial charge in [0, 0.05) is 24.8 Å². The smallest absolute Gasteiger partial charge is 0.124 e. The largest absolute Gasteiger partial charge is 0.493 e. The van der Waals surface area contributed by atoms with E-state index in [1.807, 2.05) is 0 Å². The summed E-state index contributed by atoms with van der Waals surface area (Å²) in [5, 5.41) is 12.8. The van der Waals surface area contributed by atoms with Gasteiger partial charge in [0.2, 0.25) is 0 Å². The van der Waals surface area contributed by atoms with E-state index >= 15 is 0 Å². The molecular formula is C17H27NO2. The number of aliphatic hydroxyl groups excluding tert-OH is 1. The molecule has 1 aliphatic rings. The van der Waals surface area contributed by atoms with Gasteiger partial charge in [-0.3, -0.25) is 0 Å². The first-order chi connectivity index (χ1) is 9.52. The van der Waals surface area contributed by atoms with Gasteiger partial charge in [-0.2, -0.15) is 0 Å². The Bertz CT molecular complexity index is 443. The fraction of sp³-hybridized carbons (Fsp3) is 0.647. The minimum Gasteiger partial charge on any atom is -0.493 e. The van der Waals surface area contributed by atoms with E-state index in [9.17, 15) is 0 Å². The maximum Gasteiger partial charge on any atom is 0.124 e. The topological polar surface area (TPSA) is 41.5 Å². The van der Waals surface area contributed by atoms with Crippen LogP contribution in [0.1, 0.15) is 50.3 Å². The molecule has 3 nitrogen and oxygen atoms in total. The number of rotatable bonds is 5. The molecule has 0 aliphatic carbocycles. The molecule has 0 saturated carbocycles. The first kappa shape index (κ1) is 15.3. The van der Waals surface area contributed by atoms with Crippen LogP contribution in [0.15, 0.2) is 18.2 Å². The molecule has 0 aromatic heterocycles. The van der Waals surface area contributed by atoms with E-state index < -0.39 is 0 Å². The van der Waals surface area contributed by atoms with Crippen molar-refractivity contribution in [1.29, 1.82) is 0 Å². The highest BCUT2D eigenvalue weighted by molar-refractivity contribution is 5.39. The van der Waals surface area contributed by atoms with Gasteiger partial charge < -0.3 is 15.2 Å². The maximum atomic E-state index is 9.12. The lowest BCUT2D eigenvalue weighted by Crippen LogP contribution is -2.33. The van der Waals surface area contributed by atoms with Crippen molar-refractivity contribution in [2.24, 2.45) is 5.41 Å². The molecular weight excluding hydrogens is 250 g/mol. The predicted octanol–water partition coefficient (Wildman–Crippen LogP) is 3.21. The van der Waals surface area contributed by atoms with E-state index in [4.69, 9.17) is 9.84 Å². The predicted molar refractivity (Wildman–Crippen MR) is 82.1 cm³/mol. The second-order valence-corrected chi connectivity index (χ2v) is 6.60. The standard InChI is InChI=1S/C17H27NO2/c1-13-6-7-14-15(5-4-10-20-16(14)11-13)18-12-17(2,3)8-9-19/h6-7,11,15,18-19H,4-5,8-10,12H2,1-3H3. The quantitative estimate of drug-likeness (QED) is 0.868. The highest BCUT2D eigenvalue weighted by Crippen LogP contribution is 2.33. The molecule has 1 aromatic carbocycles. The van der Waals surface area contributed by atoms with Crippen molar-refractivity contribution in [1.82, 2.24) is 5.32 Å². The van der Waals surface area contributed by atoms with Crippen LogP contribution in [0.25, 0.3) is 0 Å². The monoisotopic (exact) mass is 277 g/mol. The molecule has 0 saturated heterocycles. The first-order valence-corrected chi connectivity index (χ1v) is 7.59. The van der Waals surface area contributed by atoms with Crippen LogP contribution in [0, 0.1) is 12.3 Å². The molecule has 0 amide bonds. The SMILES string of the molecule is Cc1ccc2c(c1)OCCCC2NCC(C)(C)CCO. The van der Waals surface area contributed by atoms with E-state index in [2.05, 4.69) is 44.3 Å². The Hall–Kier alpha value is -1.06. The number of aliphatic hydroxyl groups is 1. The van der Waals surface area contributed by atoms with Gasteiger partial charge in [0.1, 0.15) is 5.75 Å². The number of nitrogens with one attached hydrogen (secondary N) is 1. The Morgan fingerprint density at radius 3 is 2.95 bits per heavy atom. The third kappa shape index (κ3) is 3.97. The normalized spacial score (nSPS) is 19.1. The van der Waals surface area contributed by atoms with Gasteiger partial charge in [-0.05, 0) is 43.2 Å². The summed E-state index contributed by atoms with van der Waals surface area (Å²) in [6, 6.07) is 6.83. The van der Waals surface area contributed by atoms with E-state index in [-0.39, 0.29) is 12.0 Å². The molecule has 1 unspecified atom stereocenters. The minimum absolute atomic E-state index is 0.118. The van der Waals surface area contributed by atoms with Gasteiger partial charge in [-0.15, -0.1) is 0 Å². The van der Waals surface area contributed by atoms with Gasteiger partial charge in [0.25, 0.3) is 0 Å². The average molecular weight is 277 g/mol. The van der Waals surface area contributed by atoms with Crippen molar-refractivity contribution in [2.45, 2.75) is 46.1 Å². The number of hydrogen-bond donors (Lipinski definition) is 2. The Labute approximate surface area is 122 Å². The number of fused-ring (bicyclic) bond motifs is 1. The second kappa shape index (κ2) is 6.59. The molecule has 2 rings (SSSR count). The van der Waals surface area contributed by atoms with Gasteiger partial charge in [-0.25, -0.2) is 0 Å². The third-order valence-corrected chi connectivity index (χ3v) is 4.05. The molecule has 112 valence electrons. The van der Waals surface area contributed by atoms with Crippen molar-refractivity contribution in [2.75, 3.05) is 19.8 Å². The lowest BCUT2D eigenvalue weighted by molar-refractivity contribution is 0.202. The summed E-state index contributed by atoms with van der Waals surface area (Å²) < 4.78 is 5.86. The molecule has 0 spiro atoms. The Morgan fingerprint density at radius 2 is 2.20 bits per heavy atom. The molecule has 0 radical (unpaired) electrons. The molecule has 3 heteroatoms. The Balaban J connectivity index is 2.09. The Kier molecular flexibility index (Phi) is 5.06. The van der Waals surface area contributed by atoms with Crippen LogP contribution in [-0.4, -0.2) is 24.9 Å². The average Bonchev–Trinajstić information content (AvgIpc) is 2.58. The fourth-order valence-corrected chi connectivity index (χ4v) is 2.68. The summed E-state index contributed by atoms with van der Waals surface area (Å²) in [6.07, 6.45) is 3.00. The zero-order valence-electron chi connectivity index (χ0n) is 12.9.